The molecule has 7 heteroatoms. The monoisotopic (exact) mass is 345 g/mol. The summed E-state index contributed by atoms with van der Waals surface area (Å²) in [6.07, 6.45) is 7.25. The Morgan fingerprint density at radius 1 is 1.29 bits per heavy atom. The molecular formula is C17H19N3O3S. The van der Waals surface area contributed by atoms with Crippen molar-refractivity contribution in [3.05, 3.63) is 47.8 Å². The van der Waals surface area contributed by atoms with E-state index in [4.69, 9.17) is 4.74 Å². The molecule has 2 aromatic rings. The number of aromatic nitrogens is 2. The van der Waals surface area contributed by atoms with Crippen LogP contribution in [0.15, 0.2) is 41.6 Å². The van der Waals surface area contributed by atoms with Gasteiger partial charge in [0.2, 0.25) is 10.0 Å². The number of ether oxygens (including phenoxy) is 1. The van der Waals surface area contributed by atoms with Crippen molar-refractivity contribution in [3.8, 4) is 5.75 Å². The number of hydrogen-bond donors (Lipinski definition) is 0. The van der Waals surface area contributed by atoms with Crippen LogP contribution in [0, 0.1) is 0 Å². The summed E-state index contributed by atoms with van der Waals surface area (Å²) >= 11 is 0. The Bertz CT molecular complexity index is 915. The highest BCUT2D eigenvalue weighted by atomic mass is 32.2. The van der Waals surface area contributed by atoms with Crippen LogP contribution < -0.4 is 4.74 Å². The second-order valence-corrected chi connectivity index (χ2v) is 8.07. The third-order valence-electron chi connectivity index (χ3n) is 4.49. The van der Waals surface area contributed by atoms with E-state index in [-0.39, 0.29) is 0 Å². The summed E-state index contributed by atoms with van der Waals surface area (Å²) in [5.41, 5.74) is 2.94. The lowest BCUT2D eigenvalue weighted by Crippen LogP contribution is -2.35. The maximum absolute atomic E-state index is 13.0. The van der Waals surface area contributed by atoms with Crippen molar-refractivity contribution >= 4 is 15.6 Å². The summed E-state index contributed by atoms with van der Waals surface area (Å²) in [6, 6.07) is 5.15. The van der Waals surface area contributed by atoms with Gasteiger partial charge in [-0.25, -0.2) is 8.42 Å². The summed E-state index contributed by atoms with van der Waals surface area (Å²) in [5, 5.41) is 4.17. The molecule has 2 aliphatic rings. The molecule has 24 heavy (non-hydrogen) atoms. The number of sulfonamides is 1. The first kappa shape index (κ1) is 15.4. The Labute approximate surface area is 141 Å². The average Bonchev–Trinajstić information content (AvgIpc) is 3.23. The molecular weight excluding hydrogens is 326 g/mol. The highest BCUT2D eigenvalue weighted by Crippen LogP contribution is 2.30. The van der Waals surface area contributed by atoms with Crippen molar-refractivity contribution in [1.29, 1.82) is 0 Å². The Hall–Kier alpha value is -2.12. The third kappa shape index (κ3) is 2.63. The second kappa shape index (κ2) is 5.75. The largest absolute Gasteiger partial charge is 0.493 e. The maximum atomic E-state index is 13.0. The normalized spacial score (nSPS) is 18.1. The first-order valence-electron chi connectivity index (χ1n) is 7.98. The van der Waals surface area contributed by atoms with Gasteiger partial charge in [-0.1, -0.05) is 6.08 Å². The lowest BCUT2D eigenvalue weighted by Gasteiger charge is -2.26. The number of rotatable bonds is 3. The van der Waals surface area contributed by atoms with Crippen molar-refractivity contribution in [2.45, 2.75) is 17.7 Å². The van der Waals surface area contributed by atoms with Crippen LogP contribution in [0.3, 0.4) is 0 Å². The van der Waals surface area contributed by atoms with Gasteiger partial charge in [-0.15, -0.1) is 0 Å². The van der Waals surface area contributed by atoms with Gasteiger partial charge in [-0.2, -0.15) is 9.40 Å². The first-order valence-corrected chi connectivity index (χ1v) is 9.42. The Balaban J connectivity index is 1.62. The molecule has 0 saturated carbocycles. The standard InChI is InChI=1S/C17H19N3O3S/c1-19-11-15(10-18-19)14-3-2-7-20(12-14)24(21,22)16-4-5-17-13(9-16)6-8-23-17/h3-5,9-11H,2,6-8,12H2,1H3. The molecule has 0 radical (unpaired) electrons. The van der Waals surface area contributed by atoms with Crippen molar-refractivity contribution < 1.29 is 13.2 Å². The molecule has 1 aromatic carbocycles. The van der Waals surface area contributed by atoms with Crippen LogP contribution in [-0.4, -0.2) is 42.2 Å². The van der Waals surface area contributed by atoms with Crippen LogP contribution in [0.4, 0.5) is 0 Å². The summed E-state index contributed by atoms with van der Waals surface area (Å²) in [4.78, 5) is 0.346. The minimum absolute atomic E-state index is 0.346. The molecule has 0 bridgehead atoms. The molecule has 126 valence electrons. The number of nitrogens with zero attached hydrogens (tertiary/aromatic N) is 3. The SMILES string of the molecule is Cn1cc(C2=CCCN(S(=O)(=O)c3ccc4c(c3)CCO4)C2)cn1. The topological polar surface area (TPSA) is 64.4 Å². The predicted molar refractivity (Wildman–Crippen MR) is 90.2 cm³/mol. The Morgan fingerprint density at radius 3 is 2.96 bits per heavy atom. The fourth-order valence-corrected chi connectivity index (χ4v) is 4.67. The molecule has 0 aliphatic carbocycles. The molecule has 0 N–H and O–H groups in total. The van der Waals surface area contributed by atoms with E-state index in [0.29, 0.717) is 31.0 Å². The van der Waals surface area contributed by atoms with E-state index in [9.17, 15) is 8.42 Å². The minimum Gasteiger partial charge on any atom is -0.493 e. The summed E-state index contributed by atoms with van der Waals surface area (Å²) in [7, 11) is -1.65. The van der Waals surface area contributed by atoms with E-state index < -0.39 is 10.0 Å². The molecule has 0 atom stereocenters. The molecule has 1 aromatic heterocycles. The summed E-state index contributed by atoms with van der Waals surface area (Å²) in [6.45, 7) is 1.50. The molecule has 0 fully saturated rings. The van der Waals surface area contributed by atoms with E-state index in [1.54, 1.807) is 33.4 Å². The minimum atomic E-state index is -3.51. The quantitative estimate of drug-likeness (QED) is 0.851. The van der Waals surface area contributed by atoms with Gasteiger partial charge in [0, 0.05) is 38.3 Å². The number of aryl methyl sites for hydroxylation is 1. The zero-order valence-corrected chi connectivity index (χ0v) is 14.3. The molecule has 0 spiro atoms. The van der Waals surface area contributed by atoms with Gasteiger partial charge >= 0.3 is 0 Å². The number of benzene rings is 1. The van der Waals surface area contributed by atoms with Crippen molar-refractivity contribution in [1.82, 2.24) is 14.1 Å². The molecule has 3 heterocycles. The smallest absolute Gasteiger partial charge is 0.243 e. The number of hydrogen-bond acceptors (Lipinski definition) is 4. The van der Waals surface area contributed by atoms with Crippen molar-refractivity contribution in [2.24, 2.45) is 7.05 Å². The number of fused-ring (bicyclic) bond motifs is 1. The van der Waals surface area contributed by atoms with Gasteiger partial charge in [0.25, 0.3) is 0 Å². The van der Waals surface area contributed by atoms with Crippen LogP contribution in [0.5, 0.6) is 5.75 Å². The van der Waals surface area contributed by atoms with Gasteiger partial charge in [-0.3, -0.25) is 4.68 Å². The average molecular weight is 345 g/mol. The van der Waals surface area contributed by atoms with E-state index in [1.807, 2.05) is 13.2 Å². The van der Waals surface area contributed by atoms with E-state index >= 15 is 0 Å². The van der Waals surface area contributed by atoms with E-state index in [0.717, 1.165) is 28.9 Å². The van der Waals surface area contributed by atoms with E-state index in [2.05, 4.69) is 11.2 Å². The van der Waals surface area contributed by atoms with Crippen LogP contribution in [-0.2, 0) is 23.5 Å². The lowest BCUT2D eigenvalue weighted by atomic mass is 10.1. The molecule has 0 unspecified atom stereocenters. The highest BCUT2D eigenvalue weighted by molar-refractivity contribution is 7.89. The van der Waals surface area contributed by atoms with Gasteiger partial charge in [-0.05, 0) is 35.8 Å². The van der Waals surface area contributed by atoms with Gasteiger partial charge in [0.05, 0.1) is 17.7 Å². The lowest BCUT2D eigenvalue weighted by molar-refractivity contribution is 0.356. The summed E-state index contributed by atoms with van der Waals surface area (Å²) in [5.74, 6) is 0.795. The molecule has 4 rings (SSSR count). The zero-order chi connectivity index (χ0) is 16.7. The van der Waals surface area contributed by atoms with E-state index in [1.165, 1.54) is 0 Å². The molecule has 6 nitrogen and oxygen atoms in total. The third-order valence-corrected chi connectivity index (χ3v) is 6.33. The fraction of sp³-hybridized carbons (Fsp3) is 0.353. The zero-order valence-electron chi connectivity index (χ0n) is 13.5. The van der Waals surface area contributed by atoms with Crippen LogP contribution in [0.25, 0.3) is 5.57 Å². The first-order chi connectivity index (χ1) is 11.5. The van der Waals surface area contributed by atoms with Crippen molar-refractivity contribution in [2.75, 3.05) is 19.7 Å². The van der Waals surface area contributed by atoms with Crippen molar-refractivity contribution in [3.63, 3.8) is 0 Å². The van der Waals surface area contributed by atoms with Crippen LogP contribution >= 0.6 is 0 Å². The van der Waals surface area contributed by atoms with Crippen LogP contribution in [0.1, 0.15) is 17.5 Å². The van der Waals surface area contributed by atoms with Gasteiger partial charge in [0.1, 0.15) is 5.75 Å². The predicted octanol–water partition coefficient (Wildman–Crippen LogP) is 1.83. The molecule has 2 aliphatic heterocycles. The highest BCUT2D eigenvalue weighted by Gasteiger charge is 2.29. The Kier molecular flexibility index (Phi) is 3.69. The maximum Gasteiger partial charge on any atom is 0.243 e. The molecule has 0 amide bonds. The second-order valence-electron chi connectivity index (χ2n) is 6.13. The summed E-state index contributed by atoms with van der Waals surface area (Å²) < 4.78 is 34.7. The van der Waals surface area contributed by atoms with Gasteiger partial charge < -0.3 is 4.74 Å². The Morgan fingerprint density at radius 2 is 2.17 bits per heavy atom. The molecule has 0 saturated heterocycles. The van der Waals surface area contributed by atoms with Crippen LogP contribution in [0.2, 0.25) is 0 Å². The van der Waals surface area contributed by atoms with Gasteiger partial charge in [0.15, 0.2) is 0 Å². The fourth-order valence-electron chi connectivity index (χ4n) is 3.19.